The summed E-state index contributed by atoms with van der Waals surface area (Å²) in [6.45, 7) is 1.24. The number of hydrogen-bond acceptors (Lipinski definition) is 4. The number of carbonyl (C=O) groups is 1. The van der Waals surface area contributed by atoms with Crippen LogP contribution in [-0.4, -0.2) is 32.0 Å². The maximum absolute atomic E-state index is 12.4. The van der Waals surface area contributed by atoms with E-state index in [0.29, 0.717) is 30.9 Å². The molecule has 112 valence electrons. The second-order valence-corrected chi connectivity index (χ2v) is 4.76. The highest BCUT2D eigenvalue weighted by Gasteiger charge is 2.23. The minimum atomic E-state index is -1.18. The highest BCUT2D eigenvalue weighted by Crippen LogP contribution is 2.17. The highest BCUT2D eigenvalue weighted by molar-refractivity contribution is 5.89. The molecule has 21 heavy (non-hydrogen) atoms. The summed E-state index contributed by atoms with van der Waals surface area (Å²) in [6.07, 6.45) is 3.94. The van der Waals surface area contributed by atoms with Crippen molar-refractivity contribution in [1.29, 1.82) is 0 Å². The van der Waals surface area contributed by atoms with Crippen molar-refractivity contribution >= 4 is 18.4 Å². The summed E-state index contributed by atoms with van der Waals surface area (Å²) in [5.74, 6) is -0.758. The van der Waals surface area contributed by atoms with Crippen molar-refractivity contribution in [2.75, 3.05) is 6.54 Å². The van der Waals surface area contributed by atoms with Crippen LogP contribution in [-0.2, 0) is 20.0 Å². The van der Waals surface area contributed by atoms with Crippen molar-refractivity contribution in [1.82, 2.24) is 19.7 Å². The molecule has 0 radical (unpaired) electrons. The van der Waals surface area contributed by atoms with E-state index in [1.165, 1.54) is 4.57 Å². The molecule has 0 aliphatic carbocycles. The first kappa shape index (κ1) is 15.3. The standard InChI is InChI=1S/C13H14N4O3.ClH/c1-16-5-3-10(15-16)17-7-8-6-14-4-2-9(8)11(12(17)18)13(19)20;/h3,5,7,14H,2,4,6H2,1H3,(H,19,20);1H. The first-order valence-corrected chi connectivity index (χ1v) is 6.29. The second kappa shape index (κ2) is 5.71. The van der Waals surface area contributed by atoms with Crippen molar-refractivity contribution in [3.63, 3.8) is 0 Å². The SMILES string of the molecule is Cl.Cn1ccc(-n2cc3c(c(C(=O)O)c2=O)CCNC3)n1. The molecular formula is C13H15ClN4O3. The molecule has 0 saturated carbocycles. The van der Waals surface area contributed by atoms with Crippen LogP contribution in [0.1, 0.15) is 21.5 Å². The average Bonchev–Trinajstić information content (AvgIpc) is 2.84. The topological polar surface area (TPSA) is 89.1 Å². The molecule has 3 heterocycles. The number of aryl methyl sites for hydroxylation is 1. The minimum absolute atomic E-state index is 0. The number of nitrogens with zero attached hydrogens (tertiary/aromatic N) is 3. The Hall–Kier alpha value is -2.12. The molecule has 2 N–H and O–H groups in total. The van der Waals surface area contributed by atoms with Crippen LogP contribution in [0.2, 0.25) is 0 Å². The van der Waals surface area contributed by atoms with E-state index in [-0.39, 0.29) is 18.0 Å². The van der Waals surface area contributed by atoms with E-state index in [0.717, 1.165) is 5.56 Å². The van der Waals surface area contributed by atoms with Crippen LogP contribution < -0.4 is 10.9 Å². The van der Waals surface area contributed by atoms with E-state index in [4.69, 9.17) is 0 Å². The fourth-order valence-electron chi connectivity index (χ4n) is 2.50. The van der Waals surface area contributed by atoms with E-state index >= 15 is 0 Å². The smallest absolute Gasteiger partial charge is 0.341 e. The Balaban J connectivity index is 0.00000161. The largest absolute Gasteiger partial charge is 0.477 e. The quantitative estimate of drug-likeness (QED) is 0.835. The van der Waals surface area contributed by atoms with Gasteiger partial charge in [0.2, 0.25) is 0 Å². The molecule has 8 heteroatoms. The fraction of sp³-hybridized carbons (Fsp3) is 0.308. The maximum atomic E-state index is 12.4. The Labute approximate surface area is 126 Å². The number of pyridine rings is 1. The van der Waals surface area contributed by atoms with E-state index in [1.54, 1.807) is 30.2 Å². The first-order chi connectivity index (χ1) is 9.58. The Kier molecular flexibility index (Phi) is 4.15. The Morgan fingerprint density at radius 1 is 1.48 bits per heavy atom. The van der Waals surface area contributed by atoms with Gasteiger partial charge in [0, 0.05) is 32.1 Å². The number of fused-ring (bicyclic) bond motifs is 1. The van der Waals surface area contributed by atoms with Gasteiger partial charge in [-0.25, -0.2) is 4.79 Å². The molecule has 1 aliphatic rings. The summed E-state index contributed by atoms with van der Waals surface area (Å²) in [7, 11) is 1.74. The van der Waals surface area contributed by atoms with E-state index in [1.807, 2.05) is 0 Å². The second-order valence-electron chi connectivity index (χ2n) is 4.76. The monoisotopic (exact) mass is 310 g/mol. The summed E-state index contributed by atoms with van der Waals surface area (Å²) in [5, 5.41) is 16.7. The Morgan fingerprint density at radius 2 is 2.24 bits per heavy atom. The number of aromatic nitrogens is 3. The highest BCUT2D eigenvalue weighted by atomic mass is 35.5. The molecule has 2 aromatic heterocycles. The summed E-state index contributed by atoms with van der Waals surface area (Å²) in [5.41, 5.74) is 0.791. The van der Waals surface area contributed by atoms with Crippen LogP contribution in [0.4, 0.5) is 0 Å². The van der Waals surface area contributed by atoms with Gasteiger partial charge >= 0.3 is 5.97 Å². The number of hydrogen-bond donors (Lipinski definition) is 2. The van der Waals surface area contributed by atoms with Gasteiger partial charge in [-0.15, -0.1) is 12.4 Å². The van der Waals surface area contributed by atoms with Crippen molar-refractivity contribution in [3.05, 3.63) is 45.5 Å². The van der Waals surface area contributed by atoms with Gasteiger partial charge in [0.1, 0.15) is 5.56 Å². The summed E-state index contributed by atoms with van der Waals surface area (Å²) in [4.78, 5) is 23.8. The molecule has 0 atom stereocenters. The molecule has 0 fully saturated rings. The van der Waals surface area contributed by atoms with Crippen LogP contribution >= 0.6 is 12.4 Å². The molecule has 0 amide bonds. The fourth-order valence-corrected chi connectivity index (χ4v) is 2.50. The molecule has 0 saturated heterocycles. The molecular weight excluding hydrogens is 296 g/mol. The third-order valence-electron chi connectivity index (χ3n) is 3.43. The lowest BCUT2D eigenvalue weighted by Crippen LogP contribution is -2.34. The first-order valence-electron chi connectivity index (χ1n) is 6.29. The van der Waals surface area contributed by atoms with Gasteiger partial charge in [-0.3, -0.25) is 14.0 Å². The average molecular weight is 311 g/mol. The lowest BCUT2D eigenvalue weighted by molar-refractivity contribution is 0.0693. The Bertz CT molecular complexity index is 750. The van der Waals surface area contributed by atoms with Crippen LogP contribution in [0.5, 0.6) is 0 Å². The normalized spacial score (nSPS) is 13.4. The molecule has 2 aromatic rings. The van der Waals surface area contributed by atoms with Gasteiger partial charge in [-0.1, -0.05) is 0 Å². The lowest BCUT2D eigenvalue weighted by Gasteiger charge is -2.20. The number of rotatable bonds is 2. The predicted molar refractivity (Wildman–Crippen MR) is 78.4 cm³/mol. The lowest BCUT2D eigenvalue weighted by atomic mass is 9.98. The predicted octanol–water partition coefficient (Wildman–Crippen LogP) is 0.337. The van der Waals surface area contributed by atoms with Crippen molar-refractivity contribution in [3.8, 4) is 5.82 Å². The van der Waals surface area contributed by atoms with E-state index in [2.05, 4.69) is 10.4 Å². The van der Waals surface area contributed by atoms with Crippen molar-refractivity contribution < 1.29 is 9.90 Å². The van der Waals surface area contributed by atoms with Crippen LogP contribution in [0.15, 0.2) is 23.3 Å². The van der Waals surface area contributed by atoms with Crippen LogP contribution in [0, 0.1) is 0 Å². The van der Waals surface area contributed by atoms with Crippen LogP contribution in [0.3, 0.4) is 0 Å². The number of nitrogens with one attached hydrogen (secondary N) is 1. The molecule has 0 aromatic carbocycles. The van der Waals surface area contributed by atoms with Gasteiger partial charge in [0.25, 0.3) is 5.56 Å². The molecule has 0 unspecified atom stereocenters. The third kappa shape index (κ3) is 2.57. The maximum Gasteiger partial charge on any atom is 0.341 e. The van der Waals surface area contributed by atoms with E-state index in [9.17, 15) is 14.7 Å². The van der Waals surface area contributed by atoms with Crippen molar-refractivity contribution in [2.24, 2.45) is 7.05 Å². The van der Waals surface area contributed by atoms with Gasteiger partial charge in [-0.2, -0.15) is 5.10 Å². The molecule has 3 rings (SSSR count). The zero-order valence-corrected chi connectivity index (χ0v) is 12.2. The van der Waals surface area contributed by atoms with Gasteiger partial charge in [0.15, 0.2) is 5.82 Å². The summed E-state index contributed by atoms with van der Waals surface area (Å²) >= 11 is 0. The summed E-state index contributed by atoms with van der Waals surface area (Å²) < 4.78 is 2.87. The van der Waals surface area contributed by atoms with Gasteiger partial charge < -0.3 is 10.4 Å². The minimum Gasteiger partial charge on any atom is -0.477 e. The number of carboxylic acids is 1. The number of halogens is 1. The van der Waals surface area contributed by atoms with Gasteiger partial charge in [0.05, 0.1) is 0 Å². The number of aromatic carboxylic acids is 1. The molecule has 1 aliphatic heterocycles. The Morgan fingerprint density at radius 3 is 2.86 bits per heavy atom. The van der Waals surface area contributed by atoms with Crippen molar-refractivity contribution in [2.45, 2.75) is 13.0 Å². The molecule has 0 spiro atoms. The van der Waals surface area contributed by atoms with Gasteiger partial charge in [-0.05, 0) is 24.1 Å². The summed E-state index contributed by atoms with van der Waals surface area (Å²) in [6, 6.07) is 1.68. The van der Waals surface area contributed by atoms with E-state index < -0.39 is 11.5 Å². The number of carboxylic acid groups (broad SMARTS) is 1. The van der Waals surface area contributed by atoms with Crippen LogP contribution in [0.25, 0.3) is 5.82 Å². The molecule has 7 nitrogen and oxygen atoms in total. The zero-order chi connectivity index (χ0) is 14.3. The molecule has 0 bridgehead atoms. The zero-order valence-electron chi connectivity index (χ0n) is 11.4. The third-order valence-corrected chi connectivity index (χ3v) is 3.43.